The second-order valence-electron chi connectivity index (χ2n) is 10.9. The van der Waals surface area contributed by atoms with Gasteiger partial charge in [-0.05, 0) is 59.4 Å². The van der Waals surface area contributed by atoms with Gasteiger partial charge in [0.15, 0.2) is 0 Å². The Hall–Kier alpha value is -0.390. The largest absolute Gasteiger partial charge is 1.00 e. The summed E-state index contributed by atoms with van der Waals surface area (Å²) in [5, 5.41) is 1.45. The Morgan fingerprint density at radius 3 is 1.74 bits per heavy atom. The SMILES string of the molecule is CC(C)CCCCCCCc1cc2ccccc2c(S(=O)(=O)[O-])c1CCCCCCCC(C)C.[Na+]. The molecule has 2 rings (SSSR count). The molecule has 0 aliphatic carbocycles. The summed E-state index contributed by atoms with van der Waals surface area (Å²) in [5.74, 6) is 1.52. The van der Waals surface area contributed by atoms with Crippen LogP contribution in [-0.2, 0) is 23.0 Å². The van der Waals surface area contributed by atoms with E-state index in [1.54, 1.807) is 6.07 Å². The Labute approximate surface area is 237 Å². The summed E-state index contributed by atoms with van der Waals surface area (Å²) in [6.07, 6.45) is 15.7. The second kappa shape index (κ2) is 17.2. The summed E-state index contributed by atoms with van der Waals surface area (Å²) in [6, 6.07) is 9.60. The molecule has 0 saturated carbocycles. The Bertz CT molecular complexity index is 967. The molecule has 0 bridgehead atoms. The normalized spacial score (nSPS) is 12.0. The molecular weight excluding hydrogens is 463 g/mol. The van der Waals surface area contributed by atoms with Crippen LogP contribution in [0.2, 0.25) is 0 Å². The van der Waals surface area contributed by atoms with E-state index in [0.717, 1.165) is 60.5 Å². The molecule has 3 nitrogen and oxygen atoms in total. The summed E-state index contributed by atoms with van der Waals surface area (Å²) >= 11 is 0. The molecule has 35 heavy (non-hydrogen) atoms. The van der Waals surface area contributed by atoms with Gasteiger partial charge in [-0.1, -0.05) is 122 Å². The number of hydrogen-bond donors (Lipinski definition) is 0. The van der Waals surface area contributed by atoms with E-state index in [1.165, 1.54) is 51.4 Å². The van der Waals surface area contributed by atoms with Crippen LogP contribution >= 0.6 is 0 Å². The maximum atomic E-state index is 12.4. The molecule has 0 aromatic heterocycles. The van der Waals surface area contributed by atoms with Crippen LogP contribution < -0.4 is 29.6 Å². The fraction of sp³-hybridized carbons (Fsp3) is 0.667. The van der Waals surface area contributed by atoms with E-state index in [0.29, 0.717) is 11.8 Å². The van der Waals surface area contributed by atoms with E-state index in [-0.39, 0.29) is 34.5 Å². The summed E-state index contributed by atoms with van der Waals surface area (Å²) in [6.45, 7) is 9.07. The van der Waals surface area contributed by atoms with Crippen molar-refractivity contribution in [3.63, 3.8) is 0 Å². The molecule has 0 saturated heterocycles. The number of benzene rings is 2. The first-order valence-electron chi connectivity index (χ1n) is 13.7. The minimum absolute atomic E-state index is 0. The molecule has 2 aromatic carbocycles. The topological polar surface area (TPSA) is 57.2 Å². The van der Waals surface area contributed by atoms with E-state index in [9.17, 15) is 13.0 Å². The molecule has 5 heteroatoms. The van der Waals surface area contributed by atoms with Crippen molar-refractivity contribution >= 4 is 20.9 Å². The molecule has 0 radical (unpaired) electrons. The van der Waals surface area contributed by atoms with Crippen LogP contribution in [0.3, 0.4) is 0 Å². The Balaban J connectivity index is 0.00000612. The van der Waals surface area contributed by atoms with E-state index in [2.05, 4.69) is 33.8 Å². The van der Waals surface area contributed by atoms with Crippen LogP contribution in [0.25, 0.3) is 10.8 Å². The average molecular weight is 511 g/mol. The molecule has 0 fully saturated rings. The monoisotopic (exact) mass is 510 g/mol. The van der Waals surface area contributed by atoms with Gasteiger partial charge in [0.25, 0.3) is 0 Å². The van der Waals surface area contributed by atoms with Gasteiger partial charge in [-0.3, -0.25) is 0 Å². The van der Waals surface area contributed by atoms with Gasteiger partial charge >= 0.3 is 29.6 Å². The molecule has 0 N–H and O–H groups in total. The van der Waals surface area contributed by atoms with Gasteiger partial charge in [0.05, 0.1) is 4.90 Å². The van der Waals surface area contributed by atoms with Crippen LogP contribution in [0.1, 0.15) is 116 Å². The summed E-state index contributed by atoms with van der Waals surface area (Å²) in [4.78, 5) is 0.0392. The van der Waals surface area contributed by atoms with Crippen LogP contribution in [0.5, 0.6) is 0 Å². The summed E-state index contributed by atoms with van der Waals surface area (Å²) in [7, 11) is -4.54. The Morgan fingerprint density at radius 2 is 1.20 bits per heavy atom. The molecule has 2 aromatic rings. The molecule has 0 spiro atoms. The van der Waals surface area contributed by atoms with Crippen molar-refractivity contribution in [1.82, 2.24) is 0 Å². The van der Waals surface area contributed by atoms with Gasteiger partial charge in [-0.15, -0.1) is 0 Å². The van der Waals surface area contributed by atoms with Crippen molar-refractivity contribution < 1.29 is 42.5 Å². The van der Waals surface area contributed by atoms with Crippen LogP contribution in [0.4, 0.5) is 0 Å². The maximum Gasteiger partial charge on any atom is 1.00 e. The third-order valence-corrected chi connectivity index (χ3v) is 7.85. The molecular formula is C30H47NaO3S. The molecule has 0 aliphatic rings. The van der Waals surface area contributed by atoms with Gasteiger partial charge in [-0.25, -0.2) is 8.42 Å². The first-order valence-corrected chi connectivity index (χ1v) is 15.1. The van der Waals surface area contributed by atoms with E-state index >= 15 is 0 Å². The minimum Gasteiger partial charge on any atom is -0.744 e. The van der Waals surface area contributed by atoms with Gasteiger partial charge in [0, 0.05) is 0 Å². The quantitative estimate of drug-likeness (QED) is 0.153. The van der Waals surface area contributed by atoms with Crippen LogP contribution in [-0.4, -0.2) is 13.0 Å². The van der Waals surface area contributed by atoms with Crippen molar-refractivity contribution in [3.05, 3.63) is 41.5 Å². The van der Waals surface area contributed by atoms with Crippen LogP contribution in [0.15, 0.2) is 35.2 Å². The predicted octanol–water partition coefficient (Wildman–Crippen LogP) is 5.83. The third-order valence-electron chi connectivity index (χ3n) is 6.88. The molecule has 0 unspecified atom stereocenters. The number of fused-ring (bicyclic) bond motifs is 1. The first kappa shape index (κ1) is 32.6. The molecule has 192 valence electrons. The van der Waals surface area contributed by atoms with Crippen molar-refractivity contribution in [3.8, 4) is 0 Å². The third kappa shape index (κ3) is 12.1. The average Bonchev–Trinajstić information content (AvgIpc) is 2.76. The van der Waals surface area contributed by atoms with Crippen LogP contribution in [0, 0.1) is 11.8 Å². The summed E-state index contributed by atoms with van der Waals surface area (Å²) < 4.78 is 37.2. The van der Waals surface area contributed by atoms with E-state index in [4.69, 9.17) is 0 Å². The van der Waals surface area contributed by atoms with Gasteiger partial charge in [-0.2, -0.15) is 0 Å². The fourth-order valence-electron chi connectivity index (χ4n) is 4.98. The number of aryl methyl sites for hydroxylation is 1. The zero-order valence-corrected chi connectivity index (χ0v) is 25.9. The van der Waals surface area contributed by atoms with Crippen molar-refractivity contribution in [2.75, 3.05) is 0 Å². The van der Waals surface area contributed by atoms with E-state index in [1.807, 2.05) is 18.2 Å². The zero-order chi connectivity index (χ0) is 25.0. The Morgan fingerprint density at radius 1 is 0.714 bits per heavy atom. The maximum absolute atomic E-state index is 12.4. The summed E-state index contributed by atoms with van der Waals surface area (Å²) in [5.41, 5.74) is 1.85. The standard InChI is InChI=1S/C30H48O3S.Na/c1-24(2)17-11-7-5-9-13-19-26-23-27-20-15-16-22-29(27)30(34(31,32)33)28(26)21-14-10-6-8-12-18-25(3)4;/h15-16,20,22-25H,5-14,17-19,21H2,1-4H3,(H,31,32,33);/q;+1/p-1. The number of hydrogen-bond acceptors (Lipinski definition) is 3. The molecule has 0 amide bonds. The van der Waals surface area contributed by atoms with Gasteiger partial charge < -0.3 is 4.55 Å². The number of rotatable bonds is 17. The molecule has 0 heterocycles. The van der Waals surface area contributed by atoms with Gasteiger partial charge in [0.2, 0.25) is 0 Å². The Kier molecular flexibility index (Phi) is 16.0. The van der Waals surface area contributed by atoms with Crippen molar-refractivity contribution in [1.29, 1.82) is 0 Å². The minimum atomic E-state index is -4.54. The zero-order valence-electron chi connectivity index (χ0n) is 23.1. The first-order chi connectivity index (χ1) is 16.2. The second-order valence-corrected chi connectivity index (χ2v) is 12.2. The smallest absolute Gasteiger partial charge is 0.744 e. The fourth-order valence-corrected chi connectivity index (χ4v) is 5.97. The molecule has 0 atom stereocenters. The number of unbranched alkanes of at least 4 members (excludes halogenated alkanes) is 8. The van der Waals surface area contributed by atoms with Crippen molar-refractivity contribution in [2.45, 2.75) is 122 Å². The predicted molar refractivity (Wildman–Crippen MR) is 144 cm³/mol. The van der Waals surface area contributed by atoms with Gasteiger partial charge in [0.1, 0.15) is 10.1 Å². The van der Waals surface area contributed by atoms with Crippen molar-refractivity contribution in [2.24, 2.45) is 11.8 Å². The molecule has 0 aliphatic heterocycles. The van der Waals surface area contributed by atoms with E-state index < -0.39 is 10.1 Å².